The predicted molar refractivity (Wildman–Crippen MR) is 136 cm³/mol. The van der Waals surface area contributed by atoms with Gasteiger partial charge in [0.25, 0.3) is 0 Å². The van der Waals surface area contributed by atoms with E-state index in [0.29, 0.717) is 30.1 Å². The second-order valence-corrected chi connectivity index (χ2v) is 15.5. The molecule has 0 N–H and O–H groups in total. The first-order valence-electron chi connectivity index (χ1n) is 11.0. The van der Waals surface area contributed by atoms with Gasteiger partial charge in [-0.2, -0.15) is 8.42 Å². The largest absolute Gasteiger partial charge is 0.493 e. The zero-order chi connectivity index (χ0) is 24.2. The van der Waals surface area contributed by atoms with E-state index < -0.39 is 18.2 Å². The Balaban J connectivity index is 1.95. The molecule has 2 aromatic carbocycles. The van der Waals surface area contributed by atoms with Gasteiger partial charge in [-0.3, -0.25) is 4.28 Å². The van der Waals surface area contributed by atoms with Crippen molar-refractivity contribution in [3.8, 4) is 11.5 Å². The smallest absolute Gasteiger partial charge is 0.325 e. The van der Waals surface area contributed by atoms with Crippen LogP contribution in [0.2, 0.25) is 19.1 Å². The number of ether oxygens (including phenoxy) is 2. The number of fused-ring (bicyclic) bond motifs is 1. The van der Waals surface area contributed by atoms with Crippen LogP contribution in [-0.2, 0) is 20.8 Å². The fourth-order valence-corrected chi connectivity index (χ4v) is 7.45. The first-order valence-corrected chi connectivity index (χ1v) is 16.0. The Kier molecular flexibility index (Phi) is 7.69. The summed E-state index contributed by atoms with van der Waals surface area (Å²) in [5.41, 5.74) is 4.02. The van der Waals surface area contributed by atoms with Gasteiger partial charge >= 0.3 is 10.1 Å². The van der Waals surface area contributed by atoms with Gasteiger partial charge in [-0.25, -0.2) is 0 Å². The van der Waals surface area contributed by atoms with Crippen molar-refractivity contribution in [3.63, 3.8) is 0 Å². The minimum Gasteiger partial charge on any atom is -0.493 e. The second-order valence-electron chi connectivity index (χ2n) is 9.20. The molecule has 0 saturated heterocycles. The third kappa shape index (κ3) is 6.26. The Morgan fingerprint density at radius 1 is 1.09 bits per heavy atom. The molecule has 178 valence electrons. The number of methoxy groups -OCH3 is 2. The fraction of sp³-hybridized carbons (Fsp3) is 0.400. The zero-order valence-corrected chi connectivity index (χ0v) is 21.9. The molecule has 0 aromatic heterocycles. The maximum atomic E-state index is 11.6. The second kappa shape index (κ2) is 10.1. The van der Waals surface area contributed by atoms with Crippen LogP contribution in [0.15, 0.2) is 59.8 Å². The van der Waals surface area contributed by atoms with E-state index in [0.717, 1.165) is 35.4 Å². The minimum absolute atomic E-state index is 0.136. The van der Waals surface area contributed by atoms with Gasteiger partial charge in [0.1, 0.15) is 0 Å². The van der Waals surface area contributed by atoms with Crippen LogP contribution in [0.4, 0.5) is 0 Å². The molecule has 1 aliphatic carbocycles. The summed E-state index contributed by atoms with van der Waals surface area (Å²) in [6.45, 7) is 9.11. The van der Waals surface area contributed by atoms with E-state index in [1.54, 1.807) is 14.2 Å². The molecule has 1 atom stereocenters. The summed E-state index contributed by atoms with van der Waals surface area (Å²) < 4.78 is 39.1. The van der Waals surface area contributed by atoms with Gasteiger partial charge in [0.05, 0.1) is 34.3 Å². The van der Waals surface area contributed by atoms with Crippen molar-refractivity contribution >= 4 is 29.1 Å². The third-order valence-corrected chi connectivity index (χ3v) is 9.73. The van der Waals surface area contributed by atoms with Gasteiger partial charge in [0, 0.05) is 5.92 Å². The lowest BCUT2D eigenvalue weighted by Crippen LogP contribution is -2.41. The first kappa shape index (κ1) is 25.0. The Morgan fingerprint density at radius 2 is 1.73 bits per heavy atom. The van der Waals surface area contributed by atoms with Crippen LogP contribution >= 0.6 is 0 Å². The van der Waals surface area contributed by atoms with E-state index in [9.17, 15) is 8.42 Å². The SMILES string of the molecule is C=C(C[C@@H]1/C(=N\OS(C)(=O)=O)CCc2cc(OC)c(OC)cc21)C[Si](C)(C)c1ccccc1. The van der Waals surface area contributed by atoms with Crippen LogP contribution in [0.1, 0.15) is 29.9 Å². The lowest BCUT2D eigenvalue weighted by atomic mass is 9.78. The summed E-state index contributed by atoms with van der Waals surface area (Å²) >= 11 is 0. The molecular formula is C25H33NO5SSi. The number of aryl methyl sites for hydroxylation is 1. The maximum Gasteiger partial charge on any atom is 0.325 e. The molecule has 0 bridgehead atoms. The fourth-order valence-electron chi connectivity index (χ4n) is 4.52. The molecular weight excluding hydrogens is 454 g/mol. The van der Waals surface area contributed by atoms with Gasteiger partial charge in [-0.05, 0) is 48.6 Å². The maximum absolute atomic E-state index is 11.6. The highest BCUT2D eigenvalue weighted by molar-refractivity contribution is 7.85. The van der Waals surface area contributed by atoms with Crippen LogP contribution in [-0.4, -0.2) is 42.7 Å². The van der Waals surface area contributed by atoms with Crippen LogP contribution < -0.4 is 14.7 Å². The van der Waals surface area contributed by atoms with Crippen LogP contribution in [0.5, 0.6) is 11.5 Å². The lowest BCUT2D eigenvalue weighted by Gasteiger charge is -2.30. The summed E-state index contributed by atoms with van der Waals surface area (Å²) in [5.74, 6) is 1.18. The summed E-state index contributed by atoms with van der Waals surface area (Å²) in [5, 5.41) is 5.45. The van der Waals surface area contributed by atoms with Crippen molar-refractivity contribution in [3.05, 3.63) is 65.7 Å². The van der Waals surface area contributed by atoms with Crippen molar-refractivity contribution in [1.82, 2.24) is 0 Å². The topological polar surface area (TPSA) is 74.2 Å². The minimum atomic E-state index is -3.69. The van der Waals surface area contributed by atoms with E-state index in [1.165, 1.54) is 5.19 Å². The van der Waals surface area contributed by atoms with Crippen LogP contribution in [0.3, 0.4) is 0 Å². The summed E-state index contributed by atoms with van der Waals surface area (Å²) in [6, 6.07) is 15.5. The molecule has 0 radical (unpaired) electrons. The van der Waals surface area contributed by atoms with Gasteiger partial charge in [0.15, 0.2) is 11.5 Å². The number of rotatable bonds is 9. The number of oxime groups is 1. The molecule has 0 amide bonds. The molecule has 0 heterocycles. The lowest BCUT2D eigenvalue weighted by molar-refractivity contribution is 0.338. The summed E-state index contributed by atoms with van der Waals surface area (Å²) in [7, 11) is -2.19. The number of allylic oxidation sites excluding steroid dienone is 1. The van der Waals surface area contributed by atoms with Crippen molar-refractivity contribution in [2.45, 2.75) is 44.3 Å². The van der Waals surface area contributed by atoms with E-state index in [1.807, 2.05) is 18.2 Å². The molecule has 8 heteroatoms. The number of hydrogen-bond donors (Lipinski definition) is 0. The predicted octanol–water partition coefficient (Wildman–Crippen LogP) is 4.63. The average molecular weight is 488 g/mol. The Labute approximate surface area is 198 Å². The van der Waals surface area contributed by atoms with Gasteiger partial charge < -0.3 is 9.47 Å². The molecule has 0 fully saturated rings. The molecule has 0 aliphatic heterocycles. The van der Waals surface area contributed by atoms with Gasteiger partial charge in [-0.15, -0.1) is 6.58 Å². The van der Waals surface area contributed by atoms with Crippen LogP contribution in [0, 0.1) is 0 Å². The Hall–Kier alpha value is -2.58. The molecule has 3 rings (SSSR count). The standard InChI is InChI=1S/C25H33NO5SSi/c1-18(17-33(5,6)20-10-8-7-9-11-20)14-22-21-16-25(30-3)24(29-2)15-19(21)12-13-23(22)26-31-32(4,27)28/h7-11,15-16,22H,1,12-14,17H2,2-6H3/b26-23-/t22-/m0/s1. The van der Waals surface area contributed by atoms with E-state index in [2.05, 4.69) is 49.1 Å². The van der Waals surface area contributed by atoms with Crippen molar-refractivity contribution in [2.75, 3.05) is 20.5 Å². The van der Waals surface area contributed by atoms with Crippen molar-refractivity contribution in [2.24, 2.45) is 5.16 Å². The Morgan fingerprint density at radius 3 is 2.33 bits per heavy atom. The van der Waals surface area contributed by atoms with Crippen molar-refractivity contribution in [1.29, 1.82) is 0 Å². The molecule has 0 spiro atoms. The zero-order valence-electron chi connectivity index (χ0n) is 20.1. The number of benzene rings is 2. The van der Waals surface area contributed by atoms with E-state index >= 15 is 0 Å². The Bertz CT molecular complexity index is 1140. The normalized spacial score (nSPS) is 17.4. The average Bonchev–Trinajstić information content (AvgIpc) is 2.77. The third-order valence-electron chi connectivity index (χ3n) is 6.10. The molecule has 6 nitrogen and oxygen atoms in total. The number of hydrogen-bond acceptors (Lipinski definition) is 6. The van der Waals surface area contributed by atoms with E-state index in [4.69, 9.17) is 13.8 Å². The number of nitrogens with zero attached hydrogens (tertiary/aromatic N) is 1. The van der Waals surface area contributed by atoms with Gasteiger partial charge in [0.2, 0.25) is 0 Å². The quantitative estimate of drug-likeness (QED) is 0.293. The first-order chi connectivity index (χ1) is 15.5. The molecule has 0 saturated carbocycles. The highest BCUT2D eigenvalue weighted by Gasteiger charge is 2.31. The highest BCUT2D eigenvalue weighted by atomic mass is 32.2. The van der Waals surface area contributed by atoms with Crippen LogP contribution in [0.25, 0.3) is 0 Å². The van der Waals surface area contributed by atoms with Gasteiger partial charge in [-0.1, -0.05) is 59.3 Å². The van der Waals surface area contributed by atoms with E-state index in [-0.39, 0.29) is 5.92 Å². The monoisotopic (exact) mass is 487 g/mol. The van der Waals surface area contributed by atoms with Crippen molar-refractivity contribution < 1.29 is 22.2 Å². The highest BCUT2D eigenvalue weighted by Crippen LogP contribution is 2.41. The molecule has 1 aliphatic rings. The molecule has 33 heavy (non-hydrogen) atoms. The molecule has 2 aromatic rings. The molecule has 0 unspecified atom stereocenters. The summed E-state index contributed by atoms with van der Waals surface area (Å²) in [6.07, 6.45) is 2.99. The summed E-state index contributed by atoms with van der Waals surface area (Å²) in [4.78, 5) is 0.